The van der Waals surface area contributed by atoms with Crippen LogP contribution in [0.15, 0.2) is 36.4 Å². The second-order valence-electron chi connectivity index (χ2n) is 4.71. The van der Waals surface area contributed by atoms with Crippen LogP contribution >= 0.6 is 0 Å². The van der Waals surface area contributed by atoms with Crippen LogP contribution in [0, 0.1) is 26.2 Å². The summed E-state index contributed by atoms with van der Waals surface area (Å²) < 4.78 is 5.92. The Balaban J connectivity index is 2.44. The minimum atomic E-state index is 0.0176. The van der Waals surface area contributed by atoms with E-state index in [2.05, 4.69) is 0 Å². The van der Waals surface area contributed by atoms with E-state index in [1.165, 1.54) is 5.56 Å². The van der Waals surface area contributed by atoms with Gasteiger partial charge in [-0.05, 0) is 50.1 Å². The fourth-order valence-electron chi connectivity index (χ4n) is 1.90. The molecule has 0 aromatic heterocycles. The summed E-state index contributed by atoms with van der Waals surface area (Å²) in [6.07, 6.45) is 0. The van der Waals surface area contributed by atoms with Gasteiger partial charge in [-0.25, -0.2) is 0 Å². The number of hydrogen-bond donors (Lipinski definition) is 2. The van der Waals surface area contributed by atoms with E-state index < -0.39 is 0 Å². The molecule has 0 saturated heterocycles. The highest BCUT2D eigenvalue weighted by molar-refractivity contribution is 5.97. The van der Waals surface area contributed by atoms with Crippen molar-refractivity contribution in [2.45, 2.75) is 20.8 Å². The van der Waals surface area contributed by atoms with E-state index in [1.54, 1.807) is 0 Å². The number of nitrogens with one attached hydrogen (secondary N) is 1. The third-order valence-electron chi connectivity index (χ3n) is 3.20. The highest BCUT2D eigenvalue weighted by Gasteiger charge is 2.10. The van der Waals surface area contributed by atoms with Crippen LogP contribution in [0.3, 0.4) is 0 Å². The quantitative estimate of drug-likeness (QED) is 0.648. The van der Waals surface area contributed by atoms with Crippen molar-refractivity contribution in [3.8, 4) is 11.5 Å². The molecular formula is C16H18N2O. The summed E-state index contributed by atoms with van der Waals surface area (Å²) in [6, 6.07) is 11.6. The van der Waals surface area contributed by atoms with E-state index in [1.807, 2.05) is 57.2 Å². The van der Waals surface area contributed by atoms with Crippen LogP contribution < -0.4 is 10.5 Å². The number of aryl methyl sites for hydroxylation is 2. The van der Waals surface area contributed by atoms with Crippen LogP contribution in [0.25, 0.3) is 0 Å². The summed E-state index contributed by atoms with van der Waals surface area (Å²) in [5.74, 6) is 1.43. The van der Waals surface area contributed by atoms with E-state index in [9.17, 15) is 0 Å². The molecule has 0 radical (unpaired) electrons. The molecule has 19 heavy (non-hydrogen) atoms. The van der Waals surface area contributed by atoms with Gasteiger partial charge in [-0.15, -0.1) is 0 Å². The molecule has 0 bridgehead atoms. The molecule has 2 rings (SSSR count). The van der Waals surface area contributed by atoms with E-state index in [0.29, 0.717) is 11.3 Å². The van der Waals surface area contributed by atoms with Crippen molar-refractivity contribution in [2.24, 2.45) is 5.73 Å². The van der Waals surface area contributed by atoms with E-state index in [0.717, 1.165) is 16.9 Å². The highest BCUT2D eigenvalue weighted by atomic mass is 16.5. The van der Waals surface area contributed by atoms with Crippen LogP contribution in [0.5, 0.6) is 11.5 Å². The van der Waals surface area contributed by atoms with Gasteiger partial charge in [0.2, 0.25) is 0 Å². The predicted molar refractivity (Wildman–Crippen MR) is 78.2 cm³/mol. The van der Waals surface area contributed by atoms with Crippen LogP contribution in [0.2, 0.25) is 0 Å². The molecule has 3 N–H and O–H groups in total. The van der Waals surface area contributed by atoms with Crippen LogP contribution in [0.4, 0.5) is 0 Å². The molecule has 0 heterocycles. The first-order valence-corrected chi connectivity index (χ1v) is 6.18. The van der Waals surface area contributed by atoms with Gasteiger partial charge in [-0.3, -0.25) is 5.41 Å². The molecule has 98 valence electrons. The lowest BCUT2D eigenvalue weighted by molar-refractivity contribution is 0.477. The van der Waals surface area contributed by atoms with Gasteiger partial charge in [-0.2, -0.15) is 0 Å². The number of nitrogen functional groups attached to an aromatic ring is 1. The number of benzene rings is 2. The standard InChI is InChI=1S/C16H18N2O/c1-10-7-8-15(13(9-10)16(17)18)19-14-6-4-5-11(2)12(14)3/h4-9H,1-3H3,(H3,17,18). The summed E-state index contributed by atoms with van der Waals surface area (Å²) in [6.45, 7) is 6.03. The lowest BCUT2D eigenvalue weighted by atomic mass is 10.1. The second-order valence-corrected chi connectivity index (χ2v) is 4.71. The Bertz CT molecular complexity index is 633. The van der Waals surface area contributed by atoms with Gasteiger partial charge >= 0.3 is 0 Å². The zero-order valence-corrected chi connectivity index (χ0v) is 11.4. The minimum Gasteiger partial charge on any atom is -0.456 e. The average molecular weight is 254 g/mol. The first kappa shape index (κ1) is 13.1. The van der Waals surface area contributed by atoms with Gasteiger partial charge in [0.15, 0.2) is 0 Å². The summed E-state index contributed by atoms with van der Waals surface area (Å²) in [7, 11) is 0. The number of ether oxygens (including phenoxy) is 1. The van der Waals surface area contributed by atoms with Crippen LogP contribution in [0.1, 0.15) is 22.3 Å². The van der Waals surface area contributed by atoms with E-state index in [-0.39, 0.29) is 5.84 Å². The van der Waals surface area contributed by atoms with Gasteiger partial charge < -0.3 is 10.5 Å². The van der Waals surface area contributed by atoms with Crippen molar-refractivity contribution in [1.29, 1.82) is 5.41 Å². The lowest BCUT2D eigenvalue weighted by Crippen LogP contribution is -2.12. The lowest BCUT2D eigenvalue weighted by Gasteiger charge is -2.14. The smallest absolute Gasteiger partial charge is 0.138 e. The third-order valence-corrected chi connectivity index (χ3v) is 3.20. The monoisotopic (exact) mass is 254 g/mol. The van der Waals surface area contributed by atoms with Crippen LogP contribution in [-0.2, 0) is 0 Å². The first-order valence-electron chi connectivity index (χ1n) is 6.18. The van der Waals surface area contributed by atoms with Crippen molar-refractivity contribution in [1.82, 2.24) is 0 Å². The SMILES string of the molecule is Cc1ccc(Oc2cccc(C)c2C)c(C(=N)N)c1. The molecule has 0 aliphatic rings. The van der Waals surface area contributed by atoms with Crippen molar-refractivity contribution in [2.75, 3.05) is 0 Å². The summed E-state index contributed by atoms with van der Waals surface area (Å²) in [5.41, 5.74) is 9.56. The average Bonchev–Trinajstić information content (AvgIpc) is 2.36. The van der Waals surface area contributed by atoms with Gasteiger partial charge in [-0.1, -0.05) is 23.8 Å². The Hall–Kier alpha value is -2.29. The summed E-state index contributed by atoms with van der Waals surface area (Å²) in [5, 5.41) is 7.63. The van der Waals surface area contributed by atoms with E-state index in [4.69, 9.17) is 15.9 Å². The van der Waals surface area contributed by atoms with Gasteiger partial charge in [0, 0.05) is 0 Å². The van der Waals surface area contributed by atoms with Gasteiger partial charge in [0.25, 0.3) is 0 Å². The summed E-state index contributed by atoms with van der Waals surface area (Å²) in [4.78, 5) is 0. The normalized spacial score (nSPS) is 10.3. The maximum absolute atomic E-state index is 7.63. The fraction of sp³-hybridized carbons (Fsp3) is 0.188. The zero-order chi connectivity index (χ0) is 14.0. The van der Waals surface area contributed by atoms with E-state index >= 15 is 0 Å². The number of hydrogen-bond acceptors (Lipinski definition) is 2. The second kappa shape index (κ2) is 5.14. The molecule has 0 aliphatic carbocycles. The Kier molecular flexibility index (Phi) is 3.56. The van der Waals surface area contributed by atoms with Crippen molar-refractivity contribution < 1.29 is 4.74 Å². The van der Waals surface area contributed by atoms with Gasteiger partial charge in [0.05, 0.1) is 5.56 Å². The van der Waals surface area contributed by atoms with Crippen molar-refractivity contribution in [3.05, 3.63) is 58.7 Å². The molecule has 0 spiro atoms. The van der Waals surface area contributed by atoms with Crippen molar-refractivity contribution in [3.63, 3.8) is 0 Å². The molecule has 2 aromatic rings. The van der Waals surface area contributed by atoms with Gasteiger partial charge in [0.1, 0.15) is 17.3 Å². The molecule has 2 aromatic carbocycles. The third kappa shape index (κ3) is 2.76. The first-order chi connectivity index (χ1) is 8.99. The number of nitrogens with two attached hydrogens (primary N) is 1. The maximum Gasteiger partial charge on any atom is 0.138 e. The minimum absolute atomic E-state index is 0.0176. The molecule has 0 atom stereocenters. The molecular weight excluding hydrogens is 236 g/mol. The predicted octanol–water partition coefficient (Wildman–Crippen LogP) is 3.69. The molecule has 0 aliphatic heterocycles. The number of amidine groups is 1. The fourth-order valence-corrected chi connectivity index (χ4v) is 1.90. The topological polar surface area (TPSA) is 59.1 Å². The largest absolute Gasteiger partial charge is 0.456 e. The molecule has 3 nitrogen and oxygen atoms in total. The Labute approximate surface area is 113 Å². The summed E-state index contributed by atoms with van der Waals surface area (Å²) >= 11 is 0. The Morgan fingerprint density at radius 1 is 1.05 bits per heavy atom. The number of rotatable bonds is 3. The zero-order valence-electron chi connectivity index (χ0n) is 11.4. The van der Waals surface area contributed by atoms with Crippen molar-refractivity contribution >= 4 is 5.84 Å². The van der Waals surface area contributed by atoms with Crippen LogP contribution in [-0.4, -0.2) is 5.84 Å². The highest BCUT2D eigenvalue weighted by Crippen LogP contribution is 2.29. The molecule has 0 saturated carbocycles. The maximum atomic E-state index is 7.63. The molecule has 0 fully saturated rings. The molecule has 0 amide bonds. The Morgan fingerprint density at radius 2 is 1.79 bits per heavy atom. The molecule has 3 heteroatoms. The molecule has 0 unspecified atom stereocenters. The Morgan fingerprint density at radius 3 is 2.47 bits per heavy atom.